The highest BCUT2D eigenvalue weighted by Crippen LogP contribution is 2.36. The van der Waals surface area contributed by atoms with E-state index in [0.717, 1.165) is 0 Å². The number of benzene rings is 1. The summed E-state index contributed by atoms with van der Waals surface area (Å²) in [6.07, 6.45) is 0. The zero-order chi connectivity index (χ0) is 14.5. The molecule has 0 unspecified atom stereocenters. The van der Waals surface area contributed by atoms with Gasteiger partial charge < -0.3 is 0 Å². The van der Waals surface area contributed by atoms with Crippen LogP contribution < -0.4 is 0 Å². The lowest BCUT2D eigenvalue weighted by atomic mass is 9.86. The van der Waals surface area contributed by atoms with Crippen molar-refractivity contribution in [1.82, 2.24) is 4.98 Å². The summed E-state index contributed by atoms with van der Waals surface area (Å²) >= 11 is 0. The van der Waals surface area contributed by atoms with Crippen LogP contribution >= 0.6 is 0 Å². The van der Waals surface area contributed by atoms with Gasteiger partial charge in [0.15, 0.2) is 0 Å². The van der Waals surface area contributed by atoms with Crippen molar-refractivity contribution in [2.45, 2.75) is 61.3 Å². The molecule has 1 aromatic heterocycles. The molecule has 0 saturated heterocycles. The third-order valence-electron chi connectivity index (χ3n) is 4.70. The fraction of sp³-hybridized carbons (Fsp3) is 0.500. The molecule has 0 amide bonds. The zero-order valence-corrected chi connectivity index (χ0v) is 13.5. The van der Waals surface area contributed by atoms with Gasteiger partial charge in [0, 0.05) is 11.1 Å². The summed E-state index contributed by atoms with van der Waals surface area (Å²) in [4.78, 5) is 4.87. The van der Waals surface area contributed by atoms with E-state index in [2.05, 4.69) is 55.4 Å². The fourth-order valence-corrected chi connectivity index (χ4v) is 3.02. The monoisotopic (exact) mass is 255 g/mol. The smallest absolute Gasteiger partial charge is 0.0513 e. The van der Waals surface area contributed by atoms with E-state index in [1.165, 1.54) is 50.0 Å². The molecule has 0 aliphatic carbocycles. The van der Waals surface area contributed by atoms with Crippen molar-refractivity contribution in [2.75, 3.05) is 0 Å². The Morgan fingerprint density at radius 3 is 1.58 bits per heavy atom. The summed E-state index contributed by atoms with van der Waals surface area (Å²) in [5.74, 6) is 0.460. The van der Waals surface area contributed by atoms with Crippen LogP contribution in [0.25, 0.3) is 10.8 Å². The van der Waals surface area contributed by atoms with E-state index in [1.807, 2.05) is 0 Å². The summed E-state index contributed by atoms with van der Waals surface area (Å²) in [5.41, 5.74) is 9.41. The maximum atomic E-state index is 4.87. The van der Waals surface area contributed by atoms with Gasteiger partial charge in [-0.15, -0.1) is 0 Å². The average Bonchev–Trinajstić information content (AvgIpc) is 2.36. The minimum absolute atomic E-state index is 0.460. The molecule has 2 aromatic rings. The van der Waals surface area contributed by atoms with Crippen LogP contribution in [0.15, 0.2) is 0 Å². The summed E-state index contributed by atoms with van der Waals surface area (Å²) in [7, 11) is 0. The van der Waals surface area contributed by atoms with Crippen LogP contribution in [0.3, 0.4) is 0 Å². The molecule has 1 nitrogen and oxygen atoms in total. The van der Waals surface area contributed by atoms with Crippen molar-refractivity contribution >= 4 is 10.8 Å². The Bertz CT molecular complexity index is 664. The number of aromatic nitrogens is 1. The van der Waals surface area contributed by atoms with Crippen molar-refractivity contribution < 1.29 is 0 Å². The van der Waals surface area contributed by atoms with Crippen LogP contribution in [0, 0.1) is 41.5 Å². The average molecular weight is 255 g/mol. The first-order valence-electron chi connectivity index (χ1n) is 7.14. The van der Waals surface area contributed by atoms with Gasteiger partial charge in [-0.1, -0.05) is 13.8 Å². The first-order chi connectivity index (χ1) is 8.77. The first-order valence-corrected chi connectivity index (χ1v) is 7.14. The van der Waals surface area contributed by atoms with Gasteiger partial charge in [-0.3, -0.25) is 4.98 Å². The molecule has 0 fully saturated rings. The molecule has 0 aliphatic heterocycles. The largest absolute Gasteiger partial charge is 0.257 e. The normalized spacial score (nSPS) is 11.6. The number of fused-ring (bicyclic) bond motifs is 1. The third kappa shape index (κ3) is 1.96. The number of hydrogen-bond acceptors (Lipinski definition) is 1. The van der Waals surface area contributed by atoms with Gasteiger partial charge in [0.2, 0.25) is 0 Å². The van der Waals surface area contributed by atoms with Gasteiger partial charge in [-0.25, -0.2) is 0 Å². The molecule has 0 N–H and O–H groups in total. The van der Waals surface area contributed by atoms with Gasteiger partial charge in [-0.2, -0.15) is 0 Å². The Hall–Kier alpha value is -1.37. The van der Waals surface area contributed by atoms with Crippen LogP contribution in [0.4, 0.5) is 0 Å². The summed E-state index contributed by atoms with van der Waals surface area (Å²) in [5, 5.41) is 2.82. The van der Waals surface area contributed by atoms with E-state index in [9.17, 15) is 0 Å². The Morgan fingerprint density at radius 1 is 0.632 bits per heavy atom. The SMILES string of the molecule is Cc1nc(C(C)C)c2c(C)c(C)c(C)c(C)c2c1C. The Kier molecular flexibility index (Phi) is 3.42. The summed E-state index contributed by atoms with van der Waals surface area (Å²) in [6.45, 7) is 17.8. The van der Waals surface area contributed by atoms with E-state index in [1.54, 1.807) is 0 Å². The van der Waals surface area contributed by atoms with E-state index in [4.69, 9.17) is 4.98 Å². The molecular formula is C18H25N. The van der Waals surface area contributed by atoms with Crippen molar-refractivity contribution in [1.29, 1.82) is 0 Å². The van der Waals surface area contributed by atoms with Crippen LogP contribution in [0.2, 0.25) is 0 Å². The number of aryl methyl sites for hydroxylation is 4. The molecular weight excluding hydrogens is 230 g/mol. The first kappa shape index (κ1) is 14.0. The van der Waals surface area contributed by atoms with Crippen molar-refractivity contribution in [3.8, 4) is 0 Å². The fourth-order valence-electron chi connectivity index (χ4n) is 3.02. The highest BCUT2D eigenvalue weighted by Gasteiger charge is 2.18. The molecule has 102 valence electrons. The van der Waals surface area contributed by atoms with Crippen LogP contribution in [0.1, 0.15) is 59.0 Å². The lowest BCUT2D eigenvalue weighted by Gasteiger charge is -2.21. The quantitative estimate of drug-likeness (QED) is 0.681. The van der Waals surface area contributed by atoms with Gasteiger partial charge in [0.25, 0.3) is 0 Å². The van der Waals surface area contributed by atoms with Gasteiger partial charge in [-0.05, 0) is 80.7 Å². The second kappa shape index (κ2) is 4.63. The summed E-state index contributed by atoms with van der Waals surface area (Å²) < 4.78 is 0. The van der Waals surface area contributed by atoms with E-state index in [0.29, 0.717) is 5.92 Å². The van der Waals surface area contributed by atoms with Gasteiger partial charge in [0.1, 0.15) is 0 Å². The zero-order valence-electron chi connectivity index (χ0n) is 13.5. The Labute approximate surface area is 117 Å². The molecule has 0 bridgehead atoms. The number of nitrogens with zero attached hydrogens (tertiary/aromatic N) is 1. The molecule has 1 heterocycles. The van der Waals surface area contributed by atoms with Crippen LogP contribution in [-0.4, -0.2) is 4.98 Å². The molecule has 2 rings (SSSR count). The van der Waals surface area contributed by atoms with E-state index in [-0.39, 0.29) is 0 Å². The summed E-state index contributed by atoms with van der Waals surface area (Å²) in [6, 6.07) is 0. The lowest BCUT2D eigenvalue weighted by molar-refractivity contribution is 0.824. The van der Waals surface area contributed by atoms with Crippen molar-refractivity contribution in [3.05, 3.63) is 39.2 Å². The van der Waals surface area contributed by atoms with Crippen LogP contribution in [-0.2, 0) is 0 Å². The van der Waals surface area contributed by atoms with E-state index < -0.39 is 0 Å². The third-order valence-corrected chi connectivity index (χ3v) is 4.70. The maximum Gasteiger partial charge on any atom is 0.0513 e. The van der Waals surface area contributed by atoms with Crippen LogP contribution in [0.5, 0.6) is 0 Å². The second-order valence-corrected chi connectivity index (χ2v) is 6.11. The maximum absolute atomic E-state index is 4.87. The van der Waals surface area contributed by atoms with Gasteiger partial charge in [0.05, 0.1) is 5.69 Å². The molecule has 0 radical (unpaired) electrons. The highest BCUT2D eigenvalue weighted by molar-refractivity contribution is 5.95. The molecule has 19 heavy (non-hydrogen) atoms. The van der Waals surface area contributed by atoms with E-state index >= 15 is 0 Å². The standard InChI is InChI=1S/C18H25N/c1-9(2)18-17-13(6)11(4)10(3)12(5)16(17)14(7)15(8)19-18/h9H,1-8H3. The number of pyridine rings is 1. The van der Waals surface area contributed by atoms with Gasteiger partial charge >= 0.3 is 0 Å². The predicted octanol–water partition coefficient (Wildman–Crippen LogP) is 5.21. The molecule has 1 heteroatoms. The Balaban J connectivity index is 3.14. The second-order valence-electron chi connectivity index (χ2n) is 6.11. The Morgan fingerprint density at radius 2 is 1.11 bits per heavy atom. The highest BCUT2D eigenvalue weighted by atomic mass is 14.7. The molecule has 1 aromatic carbocycles. The van der Waals surface area contributed by atoms with Crippen molar-refractivity contribution in [2.24, 2.45) is 0 Å². The molecule has 0 aliphatic rings. The number of rotatable bonds is 1. The lowest BCUT2D eigenvalue weighted by Crippen LogP contribution is -2.05. The number of hydrogen-bond donors (Lipinski definition) is 0. The molecule has 0 saturated carbocycles. The molecule has 0 atom stereocenters. The molecule has 0 spiro atoms. The minimum Gasteiger partial charge on any atom is -0.257 e. The topological polar surface area (TPSA) is 12.9 Å². The van der Waals surface area contributed by atoms with Crippen molar-refractivity contribution in [3.63, 3.8) is 0 Å². The predicted molar refractivity (Wildman–Crippen MR) is 84.3 cm³/mol. The minimum atomic E-state index is 0.460.